The molecule has 0 rings (SSSR count). The average molecular weight is 218 g/mol. The fourth-order valence-electron chi connectivity index (χ4n) is 0.686. The van der Waals surface area contributed by atoms with E-state index < -0.39 is 7.82 Å². The van der Waals surface area contributed by atoms with Crippen LogP contribution in [0.3, 0.4) is 0 Å². The molecule has 0 bridgehead atoms. The Kier molecular flexibility index (Phi) is 12.5. The molecule has 0 aromatic heterocycles. The Balaban J connectivity index is -0.000000720. The van der Waals surface area contributed by atoms with Gasteiger partial charge in [-0.2, -0.15) is 0 Å². The molecule has 0 aromatic rings. The topological polar surface area (TPSA) is 55.8 Å². The van der Waals surface area contributed by atoms with E-state index in [4.69, 9.17) is 13.9 Å². The van der Waals surface area contributed by atoms with E-state index in [1.807, 2.05) is 13.8 Å². The Morgan fingerprint density at radius 3 is 1.79 bits per heavy atom. The van der Waals surface area contributed by atoms with Gasteiger partial charge in [0.1, 0.15) is 0 Å². The molecule has 6 heteroatoms. The van der Waals surface area contributed by atoms with E-state index in [0.717, 1.165) is 25.7 Å². The van der Waals surface area contributed by atoms with Crippen LogP contribution in [-0.2, 0) is 13.6 Å². The Labute approximate surface area is 99.6 Å². The first-order chi connectivity index (χ1) is 6.12. The van der Waals surface area contributed by atoms with Crippen LogP contribution in [0.5, 0.6) is 0 Å². The van der Waals surface area contributed by atoms with E-state index in [0.29, 0.717) is 0 Å². The quantitative estimate of drug-likeness (QED) is 0.349. The van der Waals surface area contributed by atoms with Crippen LogP contribution in [0.25, 0.3) is 0 Å². The van der Waals surface area contributed by atoms with Gasteiger partial charge in [0.2, 0.25) is 0 Å². The number of hydrogen-bond donors (Lipinski definition) is 1. The van der Waals surface area contributed by atoms with Crippen LogP contribution in [0, 0.1) is 0 Å². The Morgan fingerprint density at radius 2 is 1.50 bits per heavy atom. The van der Waals surface area contributed by atoms with Gasteiger partial charge in [0, 0.05) is 0 Å². The van der Waals surface area contributed by atoms with Gasteiger partial charge in [0.25, 0.3) is 0 Å². The molecule has 0 fully saturated rings. The van der Waals surface area contributed by atoms with Gasteiger partial charge in [-0.15, -0.1) is 0 Å². The summed E-state index contributed by atoms with van der Waals surface area (Å²) in [7, 11) is -3.75. The second kappa shape index (κ2) is 10.2. The zero-order valence-corrected chi connectivity index (χ0v) is 10.3. The summed E-state index contributed by atoms with van der Waals surface area (Å²) in [6.45, 7) is 4.56. The van der Waals surface area contributed by atoms with Crippen molar-refractivity contribution in [3.8, 4) is 0 Å². The first kappa shape index (κ1) is 17.1. The van der Waals surface area contributed by atoms with Crippen molar-refractivity contribution in [2.75, 3.05) is 13.2 Å². The summed E-state index contributed by atoms with van der Waals surface area (Å²) in [4.78, 5) is 9.08. The van der Waals surface area contributed by atoms with Gasteiger partial charge in [-0.25, -0.2) is 4.57 Å². The molecule has 0 saturated heterocycles. The minimum absolute atomic E-state index is 0. The van der Waals surface area contributed by atoms with E-state index in [1.54, 1.807) is 0 Å². The van der Waals surface area contributed by atoms with Crippen molar-refractivity contribution in [2.45, 2.75) is 39.5 Å². The molecule has 0 radical (unpaired) electrons. The summed E-state index contributed by atoms with van der Waals surface area (Å²) in [6.07, 6.45) is 3.44. The summed E-state index contributed by atoms with van der Waals surface area (Å²) in [5.74, 6) is 0. The molecule has 0 saturated carbocycles. The first-order valence-electron chi connectivity index (χ1n) is 4.74. The van der Waals surface area contributed by atoms with Gasteiger partial charge >= 0.3 is 26.7 Å². The summed E-state index contributed by atoms with van der Waals surface area (Å²) in [5.41, 5.74) is 0. The fraction of sp³-hybridized carbons (Fsp3) is 1.00. The maximum absolute atomic E-state index is 11.1. The van der Waals surface area contributed by atoms with Crippen molar-refractivity contribution in [3.05, 3.63) is 0 Å². The Hall–Kier alpha value is 0.707. The molecule has 1 N–H and O–H groups in total. The molecule has 0 spiro atoms. The van der Waals surface area contributed by atoms with Gasteiger partial charge in [0.15, 0.2) is 0 Å². The molecular formula is C8H20LiO4P. The largest absolute Gasteiger partial charge is 1.00 e. The predicted molar refractivity (Wildman–Crippen MR) is 52.7 cm³/mol. The van der Waals surface area contributed by atoms with Crippen molar-refractivity contribution < 1.29 is 38.8 Å². The smallest absolute Gasteiger partial charge is 1.00 e. The third kappa shape index (κ3) is 10.8. The van der Waals surface area contributed by atoms with Gasteiger partial charge in [-0.1, -0.05) is 26.7 Å². The standard InChI is InChI=1S/C8H19O4P.Li.H/c1-3-5-7-11-13(9,10)12-8-6-4-2;;/h3-8H2,1-2H3,(H,9,10);;/q;+1;-1. The van der Waals surface area contributed by atoms with Gasteiger partial charge in [0.05, 0.1) is 13.2 Å². The molecule has 0 aliphatic heterocycles. The fourth-order valence-corrected chi connectivity index (χ4v) is 1.48. The van der Waals surface area contributed by atoms with Gasteiger partial charge in [-0.3, -0.25) is 9.05 Å². The summed E-state index contributed by atoms with van der Waals surface area (Å²) in [6, 6.07) is 0. The Morgan fingerprint density at radius 1 is 1.14 bits per heavy atom. The van der Waals surface area contributed by atoms with Crippen molar-refractivity contribution in [2.24, 2.45) is 0 Å². The van der Waals surface area contributed by atoms with Crippen molar-refractivity contribution in [1.82, 2.24) is 0 Å². The van der Waals surface area contributed by atoms with E-state index in [9.17, 15) is 4.57 Å². The molecule has 0 unspecified atom stereocenters. The maximum Gasteiger partial charge on any atom is 1.00 e. The van der Waals surface area contributed by atoms with E-state index in [2.05, 4.69) is 0 Å². The zero-order valence-electron chi connectivity index (χ0n) is 10.4. The third-order valence-electron chi connectivity index (χ3n) is 1.50. The molecule has 0 aromatic carbocycles. The van der Waals surface area contributed by atoms with Crippen LogP contribution >= 0.6 is 7.82 Å². The van der Waals surface area contributed by atoms with Crippen LogP contribution in [-0.4, -0.2) is 18.1 Å². The molecule has 0 aliphatic rings. The predicted octanol–water partition coefficient (Wildman–Crippen LogP) is -0.163. The number of phosphoric ester groups is 1. The molecule has 82 valence electrons. The number of hydrogen-bond acceptors (Lipinski definition) is 3. The summed E-state index contributed by atoms with van der Waals surface area (Å²) in [5, 5.41) is 0. The maximum atomic E-state index is 11.1. The van der Waals surface area contributed by atoms with Crippen LogP contribution in [0.1, 0.15) is 41.0 Å². The number of rotatable bonds is 8. The normalized spacial score (nSPS) is 11.1. The minimum Gasteiger partial charge on any atom is -1.00 e. The van der Waals surface area contributed by atoms with Crippen molar-refractivity contribution in [3.63, 3.8) is 0 Å². The molecule has 14 heavy (non-hydrogen) atoms. The van der Waals surface area contributed by atoms with E-state index in [-0.39, 0.29) is 33.5 Å². The SMILES string of the molecule is CCCCOP(=O)(O)OCCCC.[H-].[Li+]. The van der Waals surface area contributed by atoms with Crippen LogP contribution in [0.4, 0.5) is 0 Å². The Bertz CT molecular complexity index is 157. The molecule has 4 nitrogen and oxygen atoms in total. The second-order valence-corrected chi connectivity index (χ2v) is 4.30. The second-order valence-electron chi connectivity index (χ2n) is 2.84. The molecule has 0 amide bonds. The molecule has 0 heterocycles. The van der Waals surface area contributed by atoms with Crippen LogP contribution in [0.2, 0.25) is 0 Å². The third-order valence-corrected chi connectivity index (χ3v) is 2.52. The average Bonchev–Trinajstić information content (AvgIpc) is 2.05. The van der Waals surface area contributed by atoms with Crippen molar-refractivity contribution in [1.29, 1.82) is 0 Å². The number of unbranched alkanes of at least 4 members (excludes halogenated alkanes) is 2. The van der Waals surface area contributed by atoms with Crippen LogP contribution in [0.15, 0.2) is 0 Å². The molecular weight excluding hydrogens is 198 g/mol. The summed E-state index contributed by atoms with van der Waals surface area (Å²) < 4.78 is 20.5. The zero-order chi connectivity index (χ0) is 10.2. The number of phosphoric acid groups is 1. The van der Waals surface area contributed by atoms with E-state index >= 15 is 0 Å². The summed E-state index contributed by atoms with van der Waals surface area (Å²) >= 11 is 0. The minimum atomic E-state index is -3.75. The van der Waals surface area contributed by atoms with Gasteiger partial charge < -0.3 is 6.32 Å². The monoisotopic (exact) mass is 218 g/mol. The van der Waals surface area contributed by atoms with Crippen molar-refractivity contribution >= 4 is 7.82 Å². The van der Waals surface area contributed by atoms with E-state index in [1.165, 1.54) is 0 Å². The first-order valence-corrected chi connectivity index (χ1v) is 6.23. The molecule has 0 atom stereocenters. The molecule has 0 aliphatic carbocycles. The van der Waals surface area contributed by atoms with Crippen LogP contribution < -0.4 is 18.9 Å². The van der Waals surface area contributed by atoms with Gasteiger partial charge in [-0.05, 0) is 12.8 Å².